The summed E-state index contributed by atoms with van der Waals surface area (Å²) in [6, 6.07) is 3.57. The second kappa shape index (κ2) is 5.79. The Balaban J connectivity index is 2.01. The van der Waals surface area contributed by atoms with E-state index in [9.17, 15) is 4.79 Å². The molecule has 1 aromatic rings. The van der Waals surface area contributed by atoms with Gasteiger partial charge in [-0.3, -0.25) is 4.79 Å². The van der Waals surface area contributed by atoms with Crippen LogP contribution in [0.5, 0.6) is 17.2 Å². The Hall–Kier alpha value is -1.95. The van der Waals surface area contributed by atoms with Crippen molar-refractivity contribution in [1.82, 2.24) is 4.90 Å². The van der Waals surface area contributed by atoms with Crippen LogP contribution in [0.3, 0.4) is 0 Å². The van der Waals surface area contributed by atoms with Crippen LogP contribution in [0.15, 0.2) is 12.1 Å². The first kappa shape index (κ1) is 13.5. The van der Waals surface area contributed by atoms with Gasteiger partial charge in [0, 0.05) is 32.3 Å². The van der Waals surface area contributed by atoms with E-state index in [1.165, 1.54) is 4.90 Å². The number of hydrogen-bond donors (Lipinski definition) is 1. The van der Waals surface area contributed by atoms with Gasteiger partial charge < -0.3 is 24.8 Å². The van der Waals surface area contributed by atoms with E-state index in [4.69, 9.17) is 19.9 Å². The molecule has 0 fully saturated rings. The predicted octanol–water partition coefficient (Wildman–Crippen LogP) is 0.731. The summed E-state index contributed by atoms with van der Waals surface area (Å²) in [5.41, 5.74) is 6.51. The molecule has 1 heterocycles. The van der Waals surface area contributed by atoms with Crippen molar-refractivity contribution in [2.24, 2.45) is 5.73 Å². The number of amides is 1. The quantitative estimate of drug-likeness (QED) is 0.850. The lowest BCUT2D eigenvalue weighted by Crippen LogP contribution is -2.23. The Morgan fingerprint density at radius 1 is 1.37 bits per heavy atom. The number of nitrogens with zero attached hydrogens (tertiary/aromatic N) is 1. The van der Waals surface area contributed by atoms with Gasteiger partial charge in [-0.1, -0.05) is 0 Å². The van der Waals surface area contributed by atoms with Gasteiger partial charge in [-0.2, -0.15) is 0 Å². The molecule has 0 bridgehead atoms. The molecule has 0 unspecified atom stereocenters. The number of fused-ring (bicyclic) bond motifs is 1. The highest BCUT2D eigenvalue weighted by atomic mass is 16.7. The number of carbonyl (C=O) groups excluding carboxylic acids is 1. The van der Waals surface area contributed by atoms with Crippen molar-refractivity contribution in [2.45, 2.75) is 13.0 Å². The van der Waals surface area contributed by atoms with Crippen LogP contribution >= 0.6 is 0 Å². The average molecular weight is 266 g/mol. The monoisotopic (exact) mass is 266 g/mol. The molecule has 1 aromatic carbocycles. The molecule has 0 radical (unpaired) electrons. The van der Waals surface area contributed by atoms with E-state index in [0.29, 0.717) is 36.8 Å². The normalized spacial score (nSPS) is 12.4. The van der Waals surface area contributed by atoms with Gasteiger partial charge in [-0.25, -0.2) is 0 Å². The molecule has 1 aliphatic rings. The summed E-state index contributed by atoms with van der Waals surface area (Å²) >= 11 is 0. The van der Waals surface area contributed by atoms with Crippen LogP contribution in [0.25, 0.3) is 0 Å². The van der Waals surface area contributed by atoms with Gasteiger partial charge in [0.15, 0.2) is 11.5 Å². The van der Waals surface area contributed by atoms with E-state index in [2.05, 4.69) is 0 Å². The molecule has 2 rings (SSSR count). The third-order valence-corrected chi connectivity index (χ3v) is 2.85. The van der Waals surface area contributed by atoms with Crippen LogP contribution in [-0.4, -0.2) is 38.3 Å². The minimum absolute atomic E-state index is 0.0232. The van der Waals surface area contributed by atoms with Crippen molar-refractivity contribution < 1.29 is 19.0 Å². The highest BCUT2D eigenvalue weighted by molar-refractivity contribution is 5.75. The third kappa shape index (κ3) is 3.08. The van der Waals surface area contributed by atoms with Gasteiger partial charge in [0.25, 0.3) is 0 Å². The molecule has 0 saturated heterocycles. The van der Waals surface area contributed by atoms with Crippen molar-refractivity contribution in [3.05, 3.63) is 17.7 Å². The molecule has 6 nitrogen and oxygen atoms in total. The summed E-state index contributed by atoms with van der Waals surface area (Å²) < 4.78 is 16.2. The van der Waals surface area contributed by atoms with E-state index in [-0.39, 0.29) is 12.7 Å². The molecule has 6 heteroatoms. The number of nitrogens with two attached hydrogens (primary N) is 1. The maximum absolute atomic E-state index is 11.5. The summed E-state index contributed by atoms with van der Waals surface area (Å²) in [7, 11) is 3.43. The fourth-order valence-corrected chi connectivity index (χ4v) is 1.73. The van der Waals surface area contributed by atoms with E-state index in [0.717, 1.165) is 5.56 Å². The summed E-state index contributed by atoms with van der Waals surface area (Å²) in [4.78, 5) is 13.0. The van der Waals surface area contributed by atoms with Crippen LogP contribution in [0.4, 0.5) is 0 Å². The molecule has 1 aliphatic heterocycles. The van der Waals surface area contributed by atoms with E-state index >= 15 is 0 Å². The van der Waals surface area contributed by atoms with Gasteiger partial charge in [0.2, 0.25) is 12.7 Å². The number of carbonyl (C=O) groups is 1. The van der Waals surface area contributed by atoms with E-state index in [1.54, 1.807) is 20.2 Å². The van der Waals surface area contributed by atoms with Crippen molar-refractivity contribution in [1.29, 1.82) is 0 Å². The van der Waals surface area contributed by atoms with Crippen LogP contribution in [0.1, 0.15) is 12.0 Å². The molecule has 0 atom stereocenters. The van der Waals surface area contributed by atoms with E-state index < -0.39 is 0 Å². The lowest BCUT2D eigenvalue weighted by atomic mass is 10.2. The lowest BCUT2D eigenvalue weighted by molar-refractivity contribution is -0.129. The standard InChI is InChI=1S/C13H18N2O4/c1-15(2)13(16)3-4-17-10-6-12-11(18-8-19-12)5-9(10)7-14/h5-6H,3-4,7-8,14H2,1-2H3. The zero-order valence-electron chi connectivity index (χ0n) is 11.1. The number of rotatable bonds is 5. The predicted molar refractivity (Wildman–Crippen MR) is 69.3 cm³/mol. The summed E-state index contributed by atoms with van der Waals surface area (Å²) in [5.74, 6) is 1.98. The Morgan fingerprint density at radius 2 is 2.05 bits per heavy atom. The fraction of sp³-hybridized carbons (Fsp3) is 0.462. The van der Waals surface area contributed by atoms with Gasteiger partial charge >= 0.3 is 0 Å². The van der Waals surface area contributed by atoms with Gasteiger partial charge in [-0.05, 0) is 6.07 Å². The third-order valence-electron chi connectivity index (χ3n) is 2.85. The molecule has 0 aromatic heterocycles. The first-order valence-electron chi connectivity index (χ1n) is 6.07. The van der Waals surface area contributed by atoms with Crippen molar-refractivity contribution in [2.75, 3.05) is 27.5 Å². The first-order valence-corrected chi connectivity index (χ1v) is 6.07. The highest BCUT2D eigenvalue weighted by Gasteiger charge is 2.17. The van der Waals surface area contributed by atoms with Crippen molar-refractivity contribution >= 4 is 5.91 Å². The lowest BCUT2D eigenvalue weighted by Gasteiger charge is -2.13. The zero-order chi connectivity index (χ0) is 13.8. The molecule has 19 heavy (non-hydrogen) atoms. The molecule has 0 aliphatic carbocycles. The smallest absolute Gasteiger partial charge is 0.231 e. The Morgan fingerprint density at radius 3 is 2.68 bits per heavy atom. The molecule has 1 amide bonds. The number of hydrogen-bond acceptors (Lipinski definition) is 5. The topological polar surface area (TPSA) is 74.0 Å². The van der Waals surface area contributed by atoms with Crippen LogP contribution < -0.4 is 19.9 Å². The SMILES string of the molecule is CN(C)C(=O)CCOc1cc2c(cc1CN)OCO2. The van der Waals surface area contributed by atoms with Gasteiger partial charge in [0.05, 0.1) is 13.0 Å². The van der Waals surface area contributed by atoms with E-state index in [1.807, 2.05) is 6.07 Å². The largest absolute Gasteiger partial charge is 0.493 e. The first-order chi connectivity index (χ1) is 9.11. The number of ether oxygens (including phenoxy) is 3. The summed E-state index contributed by atoms with van der Waals surface area (Å²) in [6.07, 6.45) is 0.325. The molecule has 2 N–H and O–H groups in total. The zero-order valence-corrected chi connectivity index (χ0v) is 11.1. The number of benzene rings is 1. The molecular formula is C13H18N2O4. The highest BCUT2D eigenvalue weighted by Crippen LogP contribution is 2.38. The Bertz CT molecular complexity index is 474. The van der Waals surface area contributed by atoms with Gasteiger partial charge in [-0.15, -0.1) is 0 Å². The van der Waals surface area contributed by atoms with Crippen LogP contribution in [0, 0.1) is 0 Å². The Kier molecular flexibility index (Phi) is 4.11. The van der Waals surface area contributed by atoms with Crippen LogP contribution in [-0.2, 0) is 11.3 Å². The summed E-state index contributed by atoms with van der Waals surface area (Å²) in [5, 5.41) is 0. The molecule has 104 valence electrons. The maximum atomic E-state index is 11.5. The maximum Gasteiger partial charge on any atom is 0.231 e. The average Bonchev–Trinajstić information content (AvgIpc) is 2.84. The molecule has 0 spiro atoms. The summed E-state index contributed by atoms with van der Waals surface area (Å²) in [6.45, 7) is 0.860. The Labute approximate surface area is 112 Å². The minimum Gasteiger partial charge on any atom is -0.493 e. The van der Waals surface area contributed by atoms with Crippen molar-refractivity contribution in [3.8, 4) is 17.2 Å². The second-order valence-corrected chi connectivity index (χ2v) is 4.40. The van der Waals surface area contributed by atoms with Crippen molar-refractivity contribution in [3.63, 3.8) is 0 Å². The van der Waals surface area contributed by atoms with Crippen LogP contribution in [0.2, 0.25) is 0 Å². The second-order valence-electron chi connectivity index (χ2n) is 4.40. The minimum atomic E-state index is 0.0232. The fourth-order valence-electron chi connectivity index (χ4n) is 1.73. The molecular weight excluding hydrogens is 248 g/mol. The van der Waals surface area contributed by atoms with Gasteiger partial charge in [0.1, 0.15) is 5.75 Å². The molecule has 0 saturated carbocycles.